The molecule has 206 valence electrons. The van der Waals surface area contributed by atoms with E-state index >= 15 is 0 Å². The van der Waals surface area contributed by atoms with Crippen molar-refractivity contribution in [1.29, 1.82) is 0 Å². The number of halogens is 2. The molecule has 0 radical (unpaired) electrons. The number of amides is 3. The first kappa shape index (κ1) is 32.2. The van der Waals surface area contributed by atoms with Crippen LogP contribution in [0.2, 0.25) is 0 Å². The van der Waals surface area contributed by atoms with Crippen molar-refractivity contribution in [2.45, 2.75) is 84.7 Å². The predicted molar refractivity (Wildman–Crippen MR) is 146 cm³/mol. The van der Waals surface area contributed by atoms with Crippen LogP contribution in [0.3, 0.4) is 0 Å². The van der Waals surface area contributed by atoms with Gasteiger partial charge in [-0.15, -0.1) is 24.8 Å². The van der Waals surface area contributed by atoms with Gasteiger partial charge in [-0.3, -0.25) is 19.5 Å². The fourth-order valence-electron chi connectivity index (χ4n) is 4.85. The van der Waals surface area contributed by atoms with E-state index in [1.807, 2.05) is 37.5 Å². The van der Waals surface area contributed by atoms with Crippen LogP contribution in [0.15, 0.2) is 0 Å². The molecule has 3 N–H and O–H groups in total. The fraction of sp³-hybridized carbons (Fsp3) is 0.760. The van der Waals surface area contributed by atoms with E-state index in [0.717, 1.165) is 36.2 Å². The lowest BCUT2D eigenvalue weighted by molar-refractivity contribution is -0.134. The number of fused-ring (bicyclic) bond motifs is 2. The number of aromatic nitrogens is 2. The number of nitrogens with zero attached hydrogens (tertiary/aromatic N) is 3. The summed E-state index contributed by atoms with van der Waals surface area (Å²) >= 11 is 0. The van der Waals surface area contributed by atoms with E-state index in [0.29, 0.717) is 58.4 Å². The number of H-pyrrole nitrogens is 1. The second kappa shape index (κ2) is 15.4. The van der Waals surface area contributed by atoms with Gasteiger partial charge in [0.05, 0.1) is 11.7 Å². The smallest absolute Gasteiger partial charge is 0.237 e. The van der Waals surface area contributed by atoms with E-state index < -0.39 is 0 Å². The number of carbonyl (C=O) groups is 3. The normalized spacial score (nSPS) is 21.3. The molecule has 11 heteroatoms. The molecule has 2 fully saturated rings. The Kier molecular flexibility index (Phi) is 13.8. The van der Waals surface area contributed by atoms with Gasteiger partial charge >= 0.3 is 0 Å². The summed E-state index contributed by atoms with van der Waals surface area (Å²) in [6.07, 6.45) is 4.59. The van der Waals surface area contributed by atoms with Crippen LogP contribution < -0.4 is 10.6 Å². The van der Waals surface area contributed by atoms with Crippen LogP contribution in [0.1, 0.15) is 69.3 Å². The van der Waals surface area contributed by atoms with Crippen molar-refractivity contribution in [3.05, 3.63) is 17.0 Å². The van der Waals surface area contributed by atoms with Gasteiger partial charge in [0.2, 0.25) is 17.7 Å². The third kappa shape index (κ3) is 8.92. The van der Waals surface area contributed by atoms with Crippen molar-refractivity contribution < 1.29 is 14.4 Å². The van der Waals surface area contributed by atoms with Gasteiger partial charge in [-0.05, 0) is 51.0 Å². The molecule has 3 amide bonds. The quantitative estimate of drug-likeness (QED) is 0.525. The number of hydrogen-bond donors (Lipinski definition) is 3. The molecule has 1 aromatic rings. The first-order valence-electron chi connectivity index (χ1n) is 12.8. The summed E-state index contributed by atoms with van der Waals surface area (Å²) in [6, 6.07) is -0.227. The number of aromatic amines is 1. The van der Waals surface area contributed by atoms with Gasteiger partial charge in [0, 0.05) is 63.7 Å². The van der Waals surface area contributed by atoms with E-state index in [-0.39, 0.29) is 60.5 Å². The molecule has 2 bridgehead atoms. The number of aryl methyl sites for hydroxylation is 2. The van der Waals surface area contributed by atoms with Gasteiger partial charge in [0.1, 0.15) is 0 Å². The van der Waals surface area contributed by atoms with Gasteiger partial charge in [-0.2, -0.15) is 5.10 Å². The van der Waals surface area contributed by atoms with Crippen molar-refractivity contribution in [2.24, 2.45) is 5.92 Å². The largest absolute Gasteiger partial charge is 0.355 e. The molecular formula is C25H44Cl2N6O3. The summed E-state index contributed by atoms with van der Waals surface area (Å²) in [5, 5.41) is 13.6. The zero-order valence-corrected chi connectivity index (χ0v) is 23.7. The molecule has 0 aliphatic carbocycles. The Morgan fingerprint density at radius 2 is 1.78 bits per heavy atom. The lowest BCUT2D eigenvalue weighted by atomic mass is 10.1. The van der Waals surface area contributed by atoms with Crippen LogP contribution in [-0.4, -0.2) is 82.5 Å². The molecule has 2 aliphatic heterocycles. The molecule has 0 unspecified atom stereocenters. The standard InChI is InChI=1S/C25H42N6O3.2ClH/c1-17(2)14-24(33)31-13-7-12-30(23(32)9-8-21-18(3)19(4)28-29-21)11-6-5-10-26-25(34)22-15-20(31)16-27-22;;/h17,20,22,27H,5-16H2,1-4H3,(H,26,34)(H,28,29);2*1H/t20-,22-;;/m0../s1. The van der Waals surface area contributed by atoms with Gasteiger partial charge in [-0.1, -0.05) is 13.8 Å². The Morgan fingerprint density at radius 1 is 1.06 bits per heavy atom. The summed E-state index contributed by atoms with van der Waals surface area (Å²) in [7, 11) is 0. The van der Waals surface area contributed by atoms with Gasteiger partial charge in [0.15, 0.2) is 0 Å². The Labute approximate surface area is 227 Å². The van der Waals surface area contributed by atoms with Crippen molar-refractivity contribution >= 4 is 42.5 Å². The Hall–Kier alpha value is -1.84. The highest BCUT2D eigenvalue weighted by molar-refractivity contribution is 5.85. The van der Waals surface area contributed by atoms with E-state index in [1.54, 1.807) is 0 Å². The van der Waals surface area contributed by atoms with Crippen molar-refractivity contribution in [2.75, 3.05) is 32.7 Å². The second-order valence-corrected chi connectivity index (χ2v) is 10.2. The van der Waals surface area contributed by atoms with E-state index in [9.17, 15) is 14.4 Å². The maximum atomic E-state index is 13.1. The van der Waals surface area contributed by atoms with Crippen LogP contribution >= 0.6 is 24.8 Å². The minimum absolute atomic E-state index is 0. The Balaban J connectivity index is 0.00000324. The van der Waals surface area contributed by atoms with Crippen molar-refractivity contribution in [3.8, 4) is 0 Å². The first-order valence-corrected chi connectivity index (χ1v) is 12.8. The third-order valence-electron chi connectivity index (χ3n) is 7.03. The van der Waals surface area contributed by atoms with E-state index in [2.05, 4.69) is 20.8 Å². The first-order chi connectivity index (χ1) is 16.3. The van der Waals surface area contributed by atoms with Crippen LogP contribution in [-0.2, 0) is 20.8 Å². The van der Waals surface area contributed by atoms with Crippen LogP contribution in [0, 0.1) is 19.8 Å². The highest BCUT2D eigenvalue weighted by atomic mass is 35.5. The minimum atomic E-state index is -0.241. The molecule has 2 aliphatic rings. The average Bonchev–Trinajstić information content (AvgIpc) is 3.39. The Morgan fingerprint density at radius 3 is 2.44 bits per heavy atom. The number of rotatable bonds is 5. The second-order valence-electron chi connectivity index (χ2n) is 10.2. The number of carbonyl (C=O) groups excluding carboxylic acids is 3. The molecule has 3 rings (SSSR count). The summed E-state index contributed by atoms with van der Waals surface area (Å²) in [6.45, 7) is 11.3. The average molecular weight is 548 g/mol. The zero-order chi connectivity index (χ0) is 24.7. The zero-order valence-electron chi connectivity index (χ0n) is 22.1. The lowest BCUT2D eigenvalue weighted by Gasteiger charge is -2.31. The van der Waals surface area contributed by atoms with Gasteiger partial charge < -0.3 is 20.4 Å². The lowest BCUT2D eigenvalue weighted by Crippen LogP contribution is -2.44. The highest BCUT2D eigenvalue weighted by Crippen LogP contribution is 2.18. The monoisotopic (exact) mass is 546 g/mol. The Bertz CT molecular complexity index is 863. The SMILES string of the molecule is Cc1[nH]nc(CCC(=O)N2CCCCNC(=O)[C@@H]3C[C@@H](CN3)N(C(=O)CC(C)C)CCC2)c1C.Cl.Cl. The van der Waals surface area contributed by atoms with Crippen molar-refractivity contribution in [1.82, 2.24) is 30.6 Å². The maximum absolute atomic E-state index is 13.1. The summed E-state index contributed by atoms with van der Waals surface area (Å²) in [5.41, 5.74) is 3.11. The van der Waals surface area contributed by atoms with E-state index in [1.165, 1.54) is 0 Å². The van der Waals surface area contributed by atoms with Gasteiger partial charge in [0.25, 0.3) is 0 Å². The topological polar surface area (TPSA) is 110 Å². The van der Waals surface area contributed by atoms with Crippen LogP contribution in [0.5, 0.6) is 0 Å². The predicted octanol–water partition coefficient (Wildman–Crippen LogP) is 2.54. The summed E-state index contributed by atoms with van der Waals surface area (Å²) in [4.78, 5) is 42.6. The molecule has 0 saturated carbocycles. The molecule has 2 atom stereocenters. The highest BCUT2D eigenvalue weighted by Gasteiger charge is 2.35. The fourth-order valence-corrected chi connectivity index (χ4v) is 4.85. The summed E-state index contributed by atoms with van der Waals surface area (Å²) < 4.78 is 0. The molecule has 9 nitrogen and oxygen atoms in total. The molecular weight excluding hydrogens is 503 g/mol. The van der Waals surface area contributed by atoms with Crippen LogP contribution in [0.25, 0.3) is 0 Å². The van der Waals surface area contributed by atoms with E-state index in [4.69, 9.17) is 0 Å². The maximum Gasteiger partial charge on any atom is 0.237 e. The third-order valence-corrected chi connectivity index (χ3v) is 7.03. The molecule has 1 aromatic heterocycles. The molecule has 0 aromatic carbocycles. The van der Waals surface area contributed by atoms with Crippen molar-refractivity contribution in [3.63, 3.8) is 0 Å². The molecule has 36 heavy (non-hydrogen) atoms. The number of nitrogens with one attached hydrogen (secondary N) is 3. The van der Waals surface area contributed by atoms with Gasteiger partial charge in [-0.25, -0.2) is 0 Å². The summed E-state index contributed by atoms with van der Waals surface area (Å²) in [5.74, 6) is 0.547. The molecule has 2 saturated heterocycles. The number of hydrogen-bond acceptors (Lipinski definition) is 5. The molecule has 3 heterocycles. The minimum Gasteiger partial charge on any atom is -0.355 e. The van der Waals surface area contributed by atoms with Crippen LogP contribution in [0.4, 0.5) is 0 Å². The molecule has 0 spiro atoms.